The summed E-state index contributed by atoms with van der Waals surface area (Å²) in [5.74, 6) is 0. The lowest BCUT2D eigenvalue weighted by Crippen LogP contribution is -1.80. The van der Waals surface area contributed by atoms with E-state index in [4.69, 9.17) is 0 Å². The predicted molar refractivity (Wildman–Crippen MR) is 21.5 cm³/mol. The van der Waals surface area contributed by atoms with Crippen LogP contribution in [0, 0.1) is 0 Å². The number of nitrogens with zero attached hydrogens (tertiary/aromatic N) is 1. The van der Waals surface area contributed by atoms with Gasteiger partial charge in [-0.3, -0.25) is 0 Å². The number of hydrogen-bond acceptors (Lipinski definition) is 1. The maximum atomic E-state index is 2.50. The highest BCUT2D eigenvalue weighted by atomic mass is 15.2. The van der Waals surface area contributed by atoms with Crippen LogP contribution in [0.1, 0.15) is 0 Å². The van der Waals surface area contributed by atoms with E-state index in [9.17, 15) is 0 Å². The van der Waals surface area contributed by atoms with Gasteiger partial charge in [-0.05, 0) is 13.1 Å². The fourth-order valence-electron chi connectivity index (χ4n) is 0. The lowest BCUT2D eigenvalue weighted by atomic mass is 10.5. The molecular weight excluding hydrogens is 48.8 g/mol. The van der Waals surface area contributed by atoms with Crippen molar-refractivity contribution < 1.29 is 0 Å². The van der Waals surface area contributed by atoms with Crippen LogP contribution in [0.3, 0.4) is 0 Å². The molecular formula is C2H7BN-. The summed E-state index contributed by atoms with van der Waals surface area (Å²) in [7, 11) is 0.639. The topological polar surface area (TPSA) is 3.01 Å². The second-order valence-corrected chi connectivity index (χ2v) is 0.671. The van der Waals surface area contributed by atoms with Gasteiger partial charge in [0.05, 0.1) is 0 Å². The largest absolute Gasteiger partial charge is 0.482 e. The van der Waals surface area contributed by atoms with Gasteiger partial charge in [0.25, 0.3) is 0 Å². The summed E-state index contributed by atoms with van der Waals surface area (Å²) in [5.41, 5.74) is 0. The van der Waals surface area contributed by atoms with E-state index < -0.39 is 0 Å². The molecule has 0 saturated carbocycles. The molecule has 0 bridgehead atoms. The van der Waals surface area contributed by atoms with Gasteiger partial charge in [-0.1, -0.05) is 0 Å². The van der Waals surface area contributed by atoms with Crippen molar-refractivity contribution in [3.8, 4) is 0 Å². The molecule has 0 aromatic rings. The molecule has 0 N–H and O–H groups in total. The molecule has 0 spiro atoms. The van der Waals surface area contributed by atoms with Crippen LogP contribution in [-0.4, -0.2) is 25.9 Å². The van der Waals surface area contributed by atoms with Crippen molar-refractivity contribution in [3.63, 3.8) is 0 Å². The highest BCUT2D eigenvalue weighted by Gasteiger charge is 1.99. The standard InChI is InChI=1S/C2H7BN/c3-4-1-2-4/h1-2H2,3H3/q-1. The minimum absolute atomic E-state index is 0.639. The highest BCUT2D eigenvalue weighted by molar-refractivity contribution is 6.05. The lowest BCUT2D eigenvalue weighted by molar-refractivity contribution is 0.925. The van der Waals surface area contributed by atoms with Crippen molar-refractivity contribution in [3.05, 3.63) is 0 Å². The molecule has 1 heterocycles. The van der Waals surface area contributed by atoms with E-state index in [2.05, 4.69) is 4.81 Å². The minimum atomic E-state index is 0.639. The minimum Gasteiger partial charge on any atom is -0.482 e. The maximum absolute atomic E-state index is 2.50. The van der Waals surface area contributed by atoms with Crippen molar-refractivity contribution in [1.82, 2.24) is 4.81 Å². The highest BCUT2D eigenvalue weighted by Crippen LogP contribution is 1.91. The molecule has 0 aromatic heterocycles. The van der Waals surface area contributed by atoms with Crippen molar-refractivity contribution in [2.24, 2.45) is 0 Å². The van der Waals surface area contributed by atoms with Gasteiger partial charge < -0.3 is 4.81 Å². The third-order valence-electron chi connectivity index (χ3n) is 0.224. The fourth-order valence-corrected chi connectivity index (χ4v) is 0. The Morgan fingerprint density at radius 1 is 1.50 bits per heavy atom. The van der Waals surface area contributed by atoms with Crippen LogP contribution in [0.25, 0.3) is 0 Å². The molecule has 0 radical (unpaired) electrons. The van der Waals surface area contributed by atoms with Gasteiger partial charge >= 0.3 is 0 Å². The first kappa shape index (κ1) is 2.27. The second kappa shape index (κ2) is 0.491. The van der Waals surface area contributed by atoms with Crippen LogP contribution in [0.5, 0.6) is 0 Å². The summed E-state index contributed by atoms with van der Waals surface area (Å²) in [6.07, 6.45) is 0. The molecule has 1 aliphatic heterocycles. The van der Waals surface area contributed by atoms with E-state index in [1.54, 1.807) is 0 Å². The van der Waals surface area contributed by atoms with E-state index >= 15 is 0 Å². The number of hydrogen-bond donors (Lipinski definition) is 0. The first-order valence-electron chi connectivity index (χ1n) is 1.13. The molecule has 24 valence electrons. The summed E-state index contributed by atoms with van der Waals surface area (Å²) in [5, 5.41) is 0. The molecule has 0 unspecified atom stereocenters. The van der Waals surface area contributed by atoms with E-state index in [0.717, 1.165) is 0 Å². The van der Waals surface area contributed by atoms with Gasteiger partial charge in [0, 0.05) is 7.98 Å². The molecule has 0 amide bonds. The Labute approximate surface area is 27.0 Å². The summed E-state index contributed by atoms with van der Waals surface area (Å²) in [4.78, 5) is 2.50. The first-order valence-corrected chi connectivity index (χ1v) is 1.13. The Kier molecular flexibility index (Phi) is 0.279. The Morgan fingerprint density at radius 3 is 1.75 bits per heavy atom. The van der Waals surface area contributed by atoms with Crippen LogP contribution in [0.4, 0.5) is 0 Å². The van der Waals surface area contributed by atoms with E-state index in [-0.39, 0.29) is 0 Å². The Balaban J connectivity index is 2.17. The zero-order valence-corrected chi connectivity index (χ0v) is 1.86. The molecule has 1 nitrogen and oxygen atoms in total. The van der Waals surface area contributed by atoms with Crippen LogP contribution >= 0.6 is 0 Å². The SMILES string of the molecule is [BH3-]N1CC1. The van der Waals surface area contributed by atoms with Crippen LogP contribution in [-0.2, 0) is 0 Å². The van der Waals surface area contributed by atoms with Gasteiger partial charge in [-0.15, -0.1) is 0 Å². The zero-order valence-electron chi connectivity index (χ0n) is 1.86. The molecule has 1 rings (SSSR count). The van der Waals surface area contributed by atoms with E-state index in [0.29, 0.717) is 7.98 Å². The third-order valence-corrected chi connectivity index (χ3v) is 0.224. The van der Waals surface area contributed by atoms with Crippen molar-refractivity contribution in [1.29, 1.82) is 0 Å². The molecule has 0 atom stereocenters. The van der Waals surface area contributed by atoms with Crippen molar-refractivity contribution in [2.45, 2.75) is 0 Å². The normalized spacial score (nSPS) is 26.2. The van der Waals surface area contributed by atoms with Gasteiger partial charge in [0.15, 0.2) is 0 Å². The van der Waals surface area contributed by atoms with E-state index in [1.165, 1.54) is 13.1 Å². The summed E-state index contributed by atoms with van der Waals surface area (Å²) < 4.78 is 0. The van der Waals surface area contributed by atoms with Crippen LogP contribution in [0.2, 0.25) is 0 Å². The summed E-state index contributed by atoms with van der Waals surface area (Å²) >= 11 is 0. The maximum Gasteiger partial charge on any atom is 0.0147 e. The van der Waals surface area contributed by atoms with Crippen LogP contribution in [0.15, 0.2) is 0 Å². The molecule has 0 aliphatic carbocycles. The van der Waals surface area contributed by atoms with Gasteiger partial charge in [-0.25, -0.2) is 0 Å². The molecule has 0 aromatic carbocycles. The predicted octanol–water partition coefficient (Wildman–Crippen LogP) is -1.42. The lowest BCUT2D eigenvalue weighted by Gasteiger charge is -1.77. The van der Waals surface area contributed by atoms with Gasteiger partial charge in [0.2, 0.25) is 0 Å². The first-order chi connectivity index (χ1) is 1.89. The van der Waals surface area contributed by atoms with Crippen LogP contribution < -0.4 is 0 Å². The second-order valence-electron chi connectivity index (χ2n) is 0.671. The van der Waals surface area contributed by atoms with Gasteiger partial charge in [0.1, 0.15) is 0 Å². The fraction of sp³-hybridized carbons (Fsp3) is 1.00. The molecule has 1 fully saturated rings. The average Bonchev–Trinajstić information content (AvgIpc) is 1.75. The Morgan fingerprint density at radius 2 is 1.75 bits per heavy atom. The quantitative estimate of drug-likeness (QED) is 0.243. The summed E-state index contributed by atoms with van der Waals surface area (Å²) in [6, 6.07) is 0. The Hall–Kier alpha value is 0.0249. The average molecular weight is 55.9 g/mol. The monoisotopic (exact) mass is 56.1 g/mol. The smallest absolute Gasteiger partial charge is 0.0147 e. The Bertz CT molecular complexity index is 25.2. The number of rotatable bonds is 0. The molecule has 1 aliphatic rings. The van der Waals surface area contributed by atoms with Crippen molar-refractivity contribution >= 4 is 7.98 Å². The molecule has 2 heteroatoms. The molecule has 1 saturated heterocycles. The van der Waals surface area contributed by atoms with Crippen molar-refractivity contribution in [2.75, 3.05) is 13.1 Å². The van der Waals surface area contributed by atoms with E-state index in [1.807, 2.05) is 0 Å². The summed E-state index contributed by atoms with van der Waals surface area (Å²) in [6.45, 7) is 2.86. The van der Waals surface area contributed by atoms with Gasteiger partial charge in [-0.2, -0.15) is 0 Å². The molecule has 4 heavy (non-hydrogen) atoms. The third kappa shape index (κ3) is 0.232. The zero-order chi connectivity index (χ0) is 2.99.